The van der Waals surface area contributed by atoms with Crippen LogP contribution in [0.15, 0.2) is 36.4 Å². The van der Waals surface area contributed by atoms with Gasteiger partial charge in [0.05, 0.1) is 12.2 Å². The van der Waals surface area contributed by atoms with Crippen molar-refractivity contribution in [2.24, 2.45) is 5.92 Å². The molecule has 2 fully saturated rings. The van der Waals surface area contributed by atoms with Crippen molar-refractivity contribution in [3.8, 4) is 0 Å². The molecular formula is C19H23NO4. The zero-order valence-electron chi connectivity index (χ0n) is 14.2. The molecule has 5 heteroatoms. The van der Waals surface area contributed by atoms with Crippen LogP contribution in [0.1, 0.15) is 44.0 Å². The Kier molecular flexibility index (Phi) is 4.56. The van der Waals surface area contributed by atoms with Gasteiger partial charge in [-0.3, -0.25) is 9.59 Å². The number of fused-ring (bicyclic) bond motifs is 1. The van der Waals surface area contributed by atoms with E-state index in [2.05, 4.69) is 5.32 Å². The molecule has 1 aromatic rings. The molecule has 0 aromatic heterocycles. The fourth-order valence-corrected chi connectivity index (χ4v) is 3.35. The van der Waals surface area contributed by atoms with Crippen LogP contribution in [0.3, 0.4) is 0 Å². The standard InChI is InChI=1S/C19H23NO4/c1-12(21)14-5-7-15(8-6-14)20-18(22)9-4-13-10-16-17(11-13)24-19(2,3)23-16/h4-9,13,16-17H,10-11H2,1-3H3,(H,20,22)/b9-4+/t13?,16-,17+. The number of ketones is 1. The number of rotatable bonds is 4. The minimum atomic E-state index is -0.493. The van der Waals surface area contributed by atoms with Gasteiger partial charge in [-0.25, -0.2) is 0 Å². The smallest absolute Gasteiger partial charge is 0.248 e. The lowest BCUT2D eigenvalue weighted by atomic mass is 10.1. The number of carbonyl (C=O) groups excluding carboxylic acids is 2. The number of Topliss-reactive ketones (excluding diaryl/α,β-unsaturated/α-hetero) is 1. The maximum atomic E-state index is 12.0. The second kappa shape index (κ2) is 6.49. The van der Waals surface area contributed by atoms with Gasteiger partial charge in [0.15, 0.2) is 11.6 Å². The summed E-state index contributed by atoms with van der Waals surface area (Å²) in [5, 5.41) is 2.80. The number of amides is 1. The van der Waals surface area contributed by atoms with Crippen LogP contribution in [-0.4, -0.2) is 29.7 Å². The minimum absolute atomic E-state index is 0.00664. The molecule has 2 aliphatic rings. The third-order valence-corrected chi connectivity index (χ3v) is 4.43. The average molecular weight is 329 g/mol. The summed E-state index contributed by atoms with van der Waals surface area (Å²) in [7, 11) is 0. The van der Waals surface area contributed by atoms with Crippen LogP contribution in [0.2, 0.25) is 0 Å². The fourth-order valence-electron chi connectivity index (χ4n) is 3.35. The Balaban J connectivity index is 1.51. The quantitative estimate of drug-likeness (QED) is 0.680. The van der Waals surface area contributed by atoms with Crippen LogP contribution in [0, 0.1) is 5.92 Å². The Morgan fingerprint density at radius 2 is 1.71 bits per heavy atom. The number of ether oxygens (including phenoxy) is 2. The van der Waals surface area contributed by atoms with Crippen molar-refractivity contribution in [3.63, 3.8) is 0 Å². The summed E-state index contributed by atoms with van der Waals surface area (Å²) in [5.41, 5.74) is 1.30. The lowest BCUT2D eigenvalue weighted by molar-refractivity contribution is -0.152. The van der Waals surface area contributed by atoms with E-state index in [0.29, 0.717) is 17.2 Å². The first-order valence-corrected chi connectivity index (χ1v) is 8.28. The second-order valence-electron chi connectivity index (χ2n) is 6.93. The fraction of sp³-hybridized carbons (Fsp3) is 0.474. The molecule has 3 rings (SSSR count). The van der Waals surface area contributed by atoms with Gasteiger partial charge < -0.3 is 14.8 Å². The Morgan fingerprint density at radius 3 is 2.25 bits per heavy atom. The van der Waals surface area contributed by atoms with Gasteiger partial charge in [-0.05, 0) is 69.9 Å². The van der Waals surface area contributed by atoms with Crippen molar-refractivity contribution in [1.82, 2.24) is 0 Å². The number of allylic oxidation sites excluding steroid dienone is 1. The molecule has 0 spiro atoms. The monoisotopic (exact) mass is 329 g/mol. The van der Waals surface area contributed by atoms with Crippen LogP contribution in [0.5, 0.6) is 0 Å². The van der Waals surface area contributed by atoms with Gasteiger partial charge in [0.2, 0.25) is 5.91 Å². The predicted molar refractivity (Wildman–Crippen MR) is 90.8 cm³/mol. The van der Waals surface area contributed by atoms with Gasteiger partial charge in [-0.2, -0.15) is 0 Å². The van der Waals surface area contributed by atoms with Crippen molar-refractivity contribution in [3.05, 3.63) is 42.0 Å². The van der Waals surface area contributed by atoms with E-state index in [1.807, 2.05) is 19.9 Å². The average Bonchev–Trinajstić information content (AvgIpc) is 2.98. The third kappa shape index (κ3) is 3.91. The summed E-state index contributed by atoms with van der Waals surface area (Å²) >= 11 is 0. The van der Waals surface area contributed by atoms with Gasteiger partial charge in [-0.1, -0.05) is 6.08 Å². The third-order valence-electron chi connectivity index (χ3n) is 4.43. The van der Waals surface area contributed by atoms with E-state index >= 15 is 0 Å². The van der Waals surface area contributed by atoms with Crippen molar-refractivity contribution >= 4 is 17.4 Å². The molecule has 5 nitrogen and oxygen atoms in total. The number of hydrogen-bond donors (Lipinski definition) is 1. The highest BCUT2D eigenvalue weighted by Crippen LogP contribution is 2.41. The molecule has 1 aromatic carbocycles. The van der Waals surface area contributed by atoms with Crippen LogP contribution in [0.4, 0.5) is 5.69 Å². The number of carbonyl (C=O) groups is 2. The summed E-state index contributed by atoms with van der Waals surface area (Å²) in [6, 6.07) is 6.87. The zero-order valence-corrected chi connectivity index (χ0v) is 14.2. The van der Waals surface area contributed by atoms with Gasteiger partial charge in [-0.15, -0.1) is 0 Å². The van der Waals surface area contributed by atoms with E-state index in [9.17, 15) is 9.59 Å². The molecule has 1 aliphatic heterocycles. The minimum Gasteiger partial charge on any atom is -0.345 e. The first-order chi connectivity index (χ1) is 11.3. The molecule has 1 saturated heterocycles. The normalized spacial score (nSPS) is 28.0. The number of anilines is 1. The summed E-state index contributed by atoms with van der Waals surface area (Å²) in [4.78, 5) is 23.2. The summed E-state index contributed by atoms with van der Waals surface area (Å²) in [6.07, 6.45) is 5.50. The van der Waals surface area contributed by atoms with Gasteiger partial charge in [0.1, 0.15) is 0 Å². The first-order valence-electron chi connectivity index (χ1n) is 8.28. The van der Waals surface area contributed by atoms with E-state index < -0.39 is 5.79 Å². The Hall–Kier alpha value is -1.98. The van der Waals surface area contributed by atoms with Crippen molar-refractivity contribution < 1.29 is 19.1 Å². The van der Waals surface area contributed by atoms with Crippen molar-refractivity contribution in [2.45, 2.75) is 51.6 Å². The Bertz CT molecular complexity index is 646. The van der Waals surface area contributed by atoms with Gasteiger partial charge in [0, 0.05) is 11.3 Å². The lowest BCUT2D eigenvalue weighted by Crippen LogP contribution is -2.22. The van der Waals surface area contributed by atoms with E-state index in [1.54, 1.807) is 30.3 Å². The molecular weight excluding hydrogens is 306 g/mol. The topological polar surface area (TPSA) is 64.6 Å². The van der Waals surface area contributed by atoms with E-state index in [-0.39, 0.29) is 23.9 Å². The zero-order chi connectivity index (χ0) is 17.3. The van der Waals surface area contributed by atoms with Gasteiger partial charge >= 0.3 is 0 Å². The molecule has 24 heavy (non-hydrogen) atoms. The predicted octanol–water partition coefficient (Wildman–Crippen LogP) is 3.31. The maximum absolute atomic E-state index is 12.0. The molecule has 0 bridgehead atoms. The molecule has 128 valence electrons. The summed E-state index contributed by atoms with van der Waals surface area (Å²) in [5.74, 6) is -0.369. The molecule has 1 saturated carbocycles. The van der Waals surface area contributed by atoms with Crippen molar-refractivity contribution in [2.75, 3.05) is 5.32 Å². The molecule has 0 radical (unpaired) electrons. The number of hydrogen-bond acceptors (Lipinski definition) is 4. The Labute approximate surface area is 142 Å². The second-order valence-corrected chi connectivity index (χ2v) is 6.93. The van der Waals surface area contributed by atoms with Crippen molar-refractivity contribution in [1.29, 1.82) is 0 Å². The number of benzene rings is 1. The van der Waals surface area contributed by atoms with E-state index in [0.717, 1.165) is 12.8 Å². The van der Waals surface area contributed by atoms with Crippen LogP contribution in [-0.2, 0) is 14.3 Å². The largest absolute Gasteiger partial charge is 0.345 e. The van der Waals surface area contributed by atoms with Crippen LogP contribution >= 0.6 is 0 Å². The molecule has 1 amide bonds. The number of nitrogens with one attached hydrogen (secondary N) is 1. The highest BCUT2D eigenvalue weighted by molar-refractivity contribution is 6.00. The molecule has 1 heterocycles. The summed E-state index contributed by atoms with van der Waals surface area (Å²) in [6.45, 7) is 5.38. The molecule has 1 aliphatic carbocycles. The van der Waals surface area contributed by atoms with E-state index in [1.165, 1.54) is 6.92 Å². The molecule has 1 unspecified atom stereocenters. The lowest BCUT2D eigenvalue weighted by Gasteiger charge is -2.19. The summed E-state index contributed by atoms with van der Waals surface area (Å²) < 4.78 is 11.7. The van der Waals surface area contributed by atoms with Crippen LogP contribution < -0.4 is 5.32 Å². The molecule has 1 N–H and O–H groups in total. The highest BCUT2D eigenvalue weighted by Gasteiger charge is 2.46. The Morgan fingerprint density at radius 1 is 1.12 bits per heavy atom. The first kappa shape index (κ1) is 16.9. The van der Waals surface area contributed by atoms with Crippen LogP contribution in [0.25, 0.3) is 0 Å². The maximum Gasteiger partial charge on any atom is 0.248 e. The SMILES string of the molecule is CC(=O)c1ccc(NC(=O)/C=C/C2C[C@@H]3OC(C)(C)O[C@@H]3C2)cc1. The van der Waals surface area contributed by atoms with Gasteiger partial charge in [0.25, 0.3) is 0 Å². The highest BCUT2D eigenvalue weighted by atomic mass is 16.8. The van der Waals surface area contributed by atoms with E-state index in [4.69, 9.17) is 9.47 Å². The molecule has 3 atom stereocenters.